The minimum absolute atomic E-state index is 0.533. The zero-order chi connectivity index (χ0) is 40.7. The smallest absolute Gasteiger partial charge is 0.0452 e. The third kappa shape index (κ3) is 18.7. The van der Waals surface area contributed by atoms with Crippen molar-refractivity contribution in [3.05, 3.63) is 144 Å². The summed E-state index contributed by atoms with van der Waals surface area (Å²) < 4.78 is 0. The summed E-state index contributed by atoms with van der Waals surface area (Å²) in [5.74, 6) is 1.29. The molecule has 2 fully saturated rings. The molecule has 5 rings (SSSR count). The minimum atomic E-state index is 0.533. The van der Waals surface area contributed by atoms with Gasteiger partial charge in [0.05, 0.1) is 0 Å². The molecule has 0 radical (unpaired) electrons. The number of hydrogen-bond donors (Lipinski definition) is 2. The molecule has 0 bridgehead atoms. The predicted molar refractivity (Wildman–Crippen MR) is 261 cm³/mol. The second-order valence-electron chi connectivity index (χ2n) is 17.8. The van der Waals surface area contributed by atoms with Gasteiger partial charge in [-0.15, -0.1) is 0 Å². The maximum absolute atomic E-state index is 4.27. The SMILES string of the molecule is C1=C/C=C/C(C2CCCCCCCCCC3CCCCCCCCCNC32)=C\C=C/C=C\C(c2cccccccccccc3c2NCCCCCCCCCC3)=C1. The minimum Gasteiger partial charge on any atom is -0.384 e. The van der Waals surface area contributed by atoms with Crippen LogP contribution in [0.3, 0.4) is 0 Å². The summed E-state index contributed by atoms with van der Waals surface area (Å²) in [6.45, 7) is 2.16. The van der Waals surface area contributed by atoms with Gasteiger partial charge < -0.3 is 10.6 Å². The Kier molecular flexibility index (Phi) is 23.9. The Labute approximate surface area is 362 Å². The van der Waals surface area contributed by atoms with Crippen molar-refractivity contribution in [2.75, 3.05) is 18.4 Å². The summed E-state index contributed by atoms with van der Waals surface area (Å²) in [4.78, 5) is 0. The first-order valence-corrected chi connectivity index (χ1v) is 24.8. The van der Waals surface area contributed by atoms with Gasteiger partial charge in [0.15, 0.2) is 0 Å². The Morgan fingerprint density at radius 2 is 0.915 bits per heavy atom. The Hall–Kier alpha value is -3.62. The van der Waals surface area contributed by atoms with Crippen molar-refractivity contribution >= 4 is 11.3 Å². The third-order valence-corrected chi connectivity index (χ3v) is 13.2. The van der Waals surface area contributed by atoms with E-state index in [1.807, 2.05) is 0 Å². The molecule has 2 heteroatoms. The molecule has 4 aliphatic rings. The monoisotopic (exact) mass is 795 g/mol. The number of hydrogen-bond acceptors (Lipinski definition) is 2. The Balaban J connectivity index is 1.51. The molecule has 3 unspecified atom stereocenters. The maximum atomic E-state index is 4.27. The molecule has 2 nitrogen and oxygen atoms in total. The van der Waals surface area contributed by atoms with Crippen LogP contribution in [0.2, 0.25) is 0 Å². The van der Waals surface area contributed by atoms with Crippen LogP contribution in [-0.4, -0.2) is 19.1 Å². The number of anilines is 1. The largest absolute Gasteiger partial charge is 0.384 e. The fourth-order valence-corrected chi connectivity index (χ4v) is 9.84. The zero-order valence-corrected chi connectivity index (χ0v) is 37.2. The lowest BCUT2D eigenvalue weighted by molar-refractivity contribution is 0.229. The van der Waals surface area contributed by atoms with E-state index in [4.69, 9.17) is 0 Å². The van der Waals surface area contributed by atoms with E-state index < -0.39 is 0 Å². The highest BCUT2D eigenvalue weighted by molar-refractivity contribution is 5.84. The number of allylic oxidation sites excluding steroid dienone is 11. The van der Waals surface area contributed by atoms with Crippen LogP contribution in [0, 0.1) is 11.8 Å². The van der Waals surface area contributed by atoms with Crippen LogP contribution in [0.1, 0.15) is 172 Å². The molecule has 0 spiro atoms. The molecule has 59 heavy (non-hydrogen) atoms. The van der Waals surface area contributed by atoms with Crippen molar-refractivity contribution < 1.29 is 0 Å². The van der Waals surface area contributed by atoms with Gasteiger partial charge in [0.25, 0.3) is 0 Å². The maximum Gasteiger partial charge on any atom is 0.0452 e. The topological polar surface area (TPSA) is 24.1 Å². The molecule has 1 aromatic carbocycles. The van der Waals surface area contributed by atoms with E-state index >= 15 is 0 Å². The van der Waals surface area contributed by atoms with E-state index in [0.29, 0.717) is 12.0 Å². The molecule has 320 valence electrons. The molecular formula is C57H82N2. The van der Waals surface area contributed by atoms with Gasteiger partial charge in [-0.1, -0.05) is 249 Å². The molecule has 1 aromatic rings. The highest BCUT2D eigenvalue weighted by Gasteiger charge is 2.30. The van der Waals surface area contributed by atoms with Crippen LogP contribution < -0.4 is 10.6 Å². The Morgan fingerprint density at radius 1 is 0.407 bits per heavy atom. The Bertz CT molecular complexity index is 1610. The number of nitrogens with one attached hydrogen (secondary N) is 2. The summed E-state index contributed by atoms with van der Waals surface area (Å²) in [6, 6.07) is 24.5. The summed E-state index contributed by atoms with van der Waals surface area (Å²) in [5.41, 5.74) is 6.64. The lowest BCUT2D eigenvalue weighted by atomic mass is 9.75. The molecule has 1 saturated carbocycles. The highest BCUT2D eigenvalue weighted by atomic mass is 14.9. The fourth-order valence-electron chi connectivity index (χ4n) is 9.84. The highest BCUT2D eigenvalue weighted by Crippen LogP contribution is 2.35. The van der Waals surface area contributed by atoms with Crippen LogP contribution >= 0.6 is 0 Å². The molecule has 0 amide bonds. The number of rotatable bonds is 2. The van der Waals surface area contributed by atoms with Crippen molar-refractivity contribution in [1.29, 1.82) is 0 Å². The van der Waals surface area contributed by atoms with Gasteiger partial charge in [-0.25, -0.2) is 0 Å². The molecule has 0 aromatic heterocycles. The average Bonchev–Trinajstić information content (AvgIpc) is 3.25. The predicted octanol–water partition coefficient (Wildman–Crippen LogP) is 16.4. The van der Waals surface area contributed by atoms with Gasteiger partial charge in [-0.05, 0) is 80.0 Å². The van der Waals surface area contributed by atoms with E-state index in [0.717, 1.165) is 18.9 Å². The number of aryl methyl sites for hydroxylation is 1. The fraction of sp³-hybridized carbons (Fsp3) is 0.544. The van der Waals surface area contributed by atoms with Crippen LogP contribution in [-0.2, 0) is 6.42 Å². The second-order valence-corrected chi connectivity index (χ2v) is 17.8. The van der Waals surface area contributed by atoms with E-state index in [2.05, 4.69) is 138 Å². The molecule has 2 aliphatic carbocycles. The zero-order valence-electron chi connectivity index (χ0n) is 37.2. The Morgan fingerprint density at radius 3 is 1.58 bits per heavy atom. The summed E-state index contributed by atoms with van der Waals surface area (Å²) in [7, 11) is 0. The van der Waals surface area contributed by atoms with Crippen LogP contribution in [0.5, 0.6) is 0 Å². The second kappa shape index (κ2) is 30.4. The van der Waals surface area contributed by atoms with Crippen molar-refractivity contribution in [3.63, 3.8) is 0 Å². The lowest BCUT2D eigenvalue weighted by Crippen LogP contribution is -2.43. The standard InChI is InChI=1S/C57H82N2/c1-2-8-16-26-42-52-43-27-17-9-4-5-14-22-36-48-58-56(52)54(46-34-20-12-3-1)50-38-30-24-32-40-51(41-33-25-31-39-50)55-47-35-21-13-6-10-18-28-44-53-45-29-19-11-7-15-23-37-49-59-57(53)55/h1-3,8,12,16,20,24-26,30-34,38-42,46,53,55,57-59H,4-7,9-11,13-15,17-19,21-23,27-29,35-37,43-45,47-49H2/b2-1?,3-1?,8-2?,12-3?,16-8?,20-12?,26-16?,30-24?,31-25?,32-24-,33-25?,34-20?,38-30-,39-31?,40-32?,41-33+,42-26?,46-34?,50-38?,50-39?,51-40+,51-41?,52-42?,54-46?,56-52?,56-54?. The first-order valence-electron chi connectivity index (χ1n) is 24.8. The van der Waals surface area contributed by atoms with Crippen molar-refractivity contribution in [1.82, 2.24) is 5.32 Å². The van der Waals surface area contributed by atoms with Gasteiger partial charge in [-0.2, -0.15) is 0 Å². The summed E-state index contributed by atoms with van der Waals surface area (Å²) >= 11 is 0. The van der Waals surface area contributed by atoms with Crippen molar-refractivity contribution in [2.24, 2.45) is 11.8 Å². The number of fused-ring (bicyclic) bond motifs is 2. The van der Waals surface area contributed by atoms with Crippen molar-refractivity contribution in [3.8, 4) is 0 Å². The van der Waals surface area contributed by atoms with E-state index in [1.54, 1.807) is 0 Å². The van der Waals surface area contributed by atoms with Crippen molar-refractivity contribution in [2.45, 2.75) is 173 Å². The molecule has 2 N–H and O–H groups in total. The third-order valence-electron chi connectivity index (χ3n) is 13.2. The van der Waals surface area contributed by atoms with E-state index in [-0.39, 0.29) is 0 Å². The van der Waals surface area contributed by atoms with E-state index in [9.17, 15) is 0 Å². The van der Waals surface area contributed by atoms with Gasteiger partial charge >= 0.3 is 0 Å². The quantitative estimate of drug-likeness (QED) is 0.312. The molecule has 3 atom stereocenters. The van der Waals surface area contributed by atoms with Gasteiger partial charge in [-0.3, -0.25) is 0 Å². The van der Waals surface area contributed by atoms with Gasteiger partial charge in [0.2, 0.25) is 0 Å². The van der Waals surface area contributed by atoms with Gasteiger partial charge in [0.1, 0.15) is 0 Å². The average molecular weight is 795 g/mol. The van der Waals surface area contributed by atoms with Crippen LogP contribution in [0.15, 0.2) is 133 Å². The van der Waals surface area contributed by atoms with E-state index in [1.165, 1.54) is 195 Å². The molecule has 2 aliphatic heterocycles. The van der Waals surface area contributed by atoms with Crippen LogP contribution in [0.4, 0.5) is 5.69 Å². The molecular weight excluding hydrogens is 713 g/mol. The summed E-state index contributed by atoms with van der Waals surface area (Å²) in [6.07, 6.45) is 58.4. The lowest BCUT2D eigenvalue weighted by Gasteiger charge is -2.37. The molecule has 2 heterocycles. The van der Waals surface area contributed by atoms with Gasteiger partial charge in [0, 0.05) is 23.8 Å². The first kappa shape index (κ1) is 46.4. The van der Waals surface area contributed by atoms with Crippen LogP contribution in [0.25, 0.3) is 5.57 Å². The summed E-state index contributed by atoms with van der Waals surface area (Å²) in [5, 5.41) is 8.28. The first-order chi connectivity index (χ1) is 29.4. The normalized spacial score (nSPS) is 26.4. The molecule has 1 saturated heterocycles.